The summed E-state index contributed by atoms with van der Waals surface area (Å²) in [6.45, 7) is 0. The Balaban J connectivity index is 1.73. The molecule has 1 aliphatic rings. The quantitative estimate of drug-likeness (QED) is 0.551. The van der Waals surface area contributed by atoms with Gasteiger partial charge in [-0.1, -0.05) is 30.3 Å². The number of nitrogens with one attached hydrogen (secondary N) is 1. The number of carbonyl (C=O) groups is 1. The third-order valence-corrected chi connectivity index (χ3v) is 6.06. The van der Waals surface area contributed by atoms with Crippen molar-refractivity contribution < 1.29 is 22.7 Å². The van der Waals surface area contributed by atoms with E-state index >= 15 is 0 Å². The maximum absolute atomic E-state index is 13.4. The van der Waals surface area contributed by atoms with Crippen LogP contribution in [0.15, 0.2) is 77.9 Å². The second-order valence-corrected chi connectivity index (χ2v) is 9.59. The molecule has 1 atom stereocenters. The first-order valence-electron chi connectivity index (χ1n) is 10.6. The Morgan fingerprint density at radius 2 is 1.71 bits per heavy atom. The molecule has 1 heterocycles. The van der Waals surface area contributed by atoms with Crippen LogP contribution in [-0.4, -0.2) is 45.5 Å². The molecule has 0 radical (unpaired) electrons. The van der Waals surface area contributed by atoms with E-state index in [-0.39, 0.29) is 5.91 Å². The summed E-state index contributed by atoms with van der Waals surface area (Å²) < 4.78 is 36.4. The second-order valence-electron chi connectivity index (χ2n) is 7.84. The van der Waals surface area contributed by atoms with E-state index < -0.39 is 16.1 Å². The van der Waals surface area contributed by atoms with E-state index in [4.69, 9.17) is 14.6 Å². The largest absolute Gasteiger partial charge is 0.497 e. The highest BCUT2D eigenvalue weighted by Crippen LogP contribution is 2.40. The number of methoxy groups -OCH3 is 2. The minimum Gasteiger partial charge on any atom is -0.497 e. The summed E-state index contributed by atoms with van der Waals surface area (Å²) in [5, 5.41) is 6.17. The molecule has 0 fully saturated rings. The topological polar surface area (TPSA) is 97.3 Å². The molecule has 0 saturated carbocycles. The number of sulfonamides is 1. The lowest BCUT2D eigenvalue weighted by Crippen LogP contribution is -2.27. The molecule has 1 N–H and O–H groups in total. The summed E-state index contributed by atoms with van der Waals surface area (Å²) in [5.41, 5.74) is 3.24. The number of hydrogen-bond donors (Lipinski definition) is 1. The SMILES string of the molecule is COc1ccc(OC)c([C@@H]2CC(c3ccc(NS(C)(=O)=O)cc3)=NN2C(=O)c2ccccc2)c1. The van der Waals surface area contributed by atoms with E-state index in [1.54, 1.807) is 56.7 Å². The Labute approximate surface area is 198 Å². The summed E-state index contributed by atoms with van der Waals surface area (Å²) >= 11 is 0. The minimum absolute atomic E-state index is 0.235. The Bertz CT molecular complexity index is 1320. The van der Waals surface area contributed by atoms with Gasteiger partial charge in [0.25, 0.3) is 5.91 Å². The molecule has 3 aromatic rings. The van der Waals surface area contributed by atoms with Crippen molar-refractivity contribution in [1.29, 1.82) is 0 Å². The van der Waals surface area contributed by atoms with E-state index in [2.05, 4.69) is 4.72 Å². The molecule has 1 aliphatic heterocycles. The number of ether oxygens (including phenoxy) is 2. The molecule has 8 nitrogen and oxygen atoms in total. The molecule has 1 amide bonds. The van der Waals surface area contributed by atoms with E-state index in [1.807, 2.05) is 30.3 Å². The lowest BCUT2D eigenvalue weighted by atomic mass is 9.97. The average Bonchev–Trinajstić information content (AvgIpc) is 3.28. The van der Waals surface area contributed by atoms with E-state index in [9.17, 15) is 13.2 Å². The fraction of sp³-hybridized carbons (Fsp3) is 0.200. The van der Waals surface area contributed by atoms with Crippen molar-refractivity contribution in [2.45, 2.75) is 12.5 Å². The van der Waals surface area contributed by atoms with Crippen molar-refractivity contribution in [1.82, 2.24) is 5.01 Å². The van der Waals surface area contributed by atoms with E-state index in [0.717, 1.165) is 17.4 Å². The van der Waals surface area contributed by atoms with Crippen LogP contribution in [0.25, 0.3) is 0 Å². The highest BCUT2D eigenvalue weighted by molar-refractivity contribution is 7.92. The summed E-state index contributed by atoms with van der Waals surface area (Å²) in [6.07, 6.45) is 1.54. The number of carbonyl (C=O) groups excluding carboxylic acids is 1. The van der Waals surface area contributed by atoms with Crippen LogP contribution >= 0.6 is 0 Å². The highest BCUT2D eigenvalue weighted by atomic mass is 32.2. The number of anilines is 1. The van der Waals surface area contributed by atoms with Crippen LogP contribution < -0.4 is 14.2 Å². The Kier molecular flexibility index (Phi) is 6.56. The molecule has 0 aromatic heterocycles. The average molecular weight is 480 g/mol. The zero-order valence-corrected chi connectivity index (χ0v) is 19.9. The van der Waals surface area contributed by atoms with Gasteiger partial charge in [0.05, 0.1) is 32.2 Å². The van der Waals surface area contributed by atoms with E-state index in [0.29, 0.717) is 34.9 Å². The summed E-state index contributed by atoms with van der Waals surface area (Å²) in [6, 6.07) is 20.9. The van der Waals surface area contributed by atoms with Gasteiger partial charge >= 0.3 is 0 Å². The van der Waals surface area contributed by atoms with Gasteiger partial charge in [0.15, 0.2) is 0 Å². The van der Waals surface area contributed by atoms with Crippen molar-refractivity contribution in [3.63, 3.8) is 0 Å². The molecule has 0 bridgehead atoms. The smallest absolute Gasteiger partial charge is 0.274 e. The normalized spacial score (nSPS) is 15.6. The Hall–Kier alpha value is -3.85. The summed E-state index contributed by atoms with van der Waals surface area (Å²) in [5.74, 6) is 1.04. The zero-order valence-electron chi connectivity index (χ0n) is 19.1. The lowest BCUT2D eigenvalue weighted by Gasteiger charge is -2.24. The number of amides is 1. The maximum Gasteiger partial charge on any atom is 0.274 e. The second kappa shape index (κ2) is 9.56. The van der Waals surface area contributed by atoms with Crippen molar-refractivity contribution in [2.24, 2.45) is 5.10 Å². The van der Waals surface area contributed by atoms with Gasteiger partial charge < -0.3 is 9.47 Å². The monoisotopic (exact) mass is 479 g/mol. The van der Waals surface area contributed by atoms with Gasteiger partial charge in [-0.2, -0.15) is 5.10 Å². The fourth-order valence-corrected chi connectivity index (χ4v) is 4.44. The maximum atomic E-state index is 13.4. The molecule has 0 saturated heterocycles. The van der Waals surface area contributed by atoms with Gasteiger partial charge in [-0.3, -0.25) is 9.52 Å². The predicted molar refractivity (Wildman–Crippen MR) is 131 cm³/mol. The molecule has 0 unspecified atom stereocenters. The molecule has 3 aromatic carbocycles. The first kappa shape index (κ1) is 23.3. The van der Waals surface area contributed by atoms with Gasteiger partial charge in [-0.05, 0) is 48.0 Å². The highest BCUT2D eigenvalue weighted by Gasteiger charge is 2.35. The van der Waals surface area contributed by atoms with Crippen LogP contribution in [0, 0.1) is 0 Å². The van der Waals surface area contributed by atoms with Crippen LogP contribution in [0.5, 0.6) is 11.5 Å². The molecule has 0 aliphatic carbocycles. The number of benzene rings is 3. The van der Waals surface area contributed by atoms with Crippen LogP contribution in [0.4, 0.5) is 5.69 Å². The summed E-state index contributed by atoms with van der Waals surface area (Å²) in [4.78, 5) is 13.4. The number of nitrogens with zero attached hydrogens (tertiary/aromatic N) is 2. The van der Waals surface area contributed by atoms with Gasteiger partial charge in [-0.15, -0.1) is 0 Å². The molecule has 34 heavy (non-hydrogen) atoms. The van der Waals surface area contributed by atoms with Crippen LogP contribution in [0.1, 0.15) is 33.9 Å². The molecule has 9 heteroatoms. The standard InChI is InChI=1S/C25H25N3O5S/c1-32-20-13-14-24(33-2)21(15-20)23-16-22(17-9-11-19(12-10-17)27-34(3,30)31)26-28(23)25(29)18-7-5-4-6-8-18/h4-15,23,27H,16H2,1-3H3/t23-/m0/s1. The molecule has 176 valence electrons. The third-order valence-electron chi connectivity index (χ3n) is 5.46. The van der Waals surface area contributed by atoms with Gasteiger partial charge in [0.1, 0.15) is 11.5 Å². The number of hydrazone groups is 1. The van der Waals surface area contributed by atoms with E-state index in [1.165, 1.54) is 5.01 Å². The van der Waals surface area contributed by atoms with Crippen molar-refractivity contribution >= 4 is 27.3 Å². The predicted octanol–water partition coefficient (Wildman–Crippen LogP) is 4.07. The first-order valence-corrected chi connectivity index (χ1v) is 12.4. The third kappa shape index (κ3) is 5.04. The van der Waals surface area contributed by atoms with Crippen molar-refractivity contribution in [3.8, 4) is 11.5 Å². The van der Waals surface area contributed by atoms with Crippen LogP contribution in [-0.2, 0) is 10.0 Å². The van der Waals surface area contributed by atoms with Gasteiger partial charge in [-0.25, -0.2) is 13.4 Å². The zero-order chi connectivity index (χ0) is 24.3. The fourth-order valence-electron chi connectivity index (χ4n) is 3.87. The van der Waals surface area contributed by atoms with Crippen LogP contribution in [0.3, 0.4) is 0 Å². The van der Waals surface area contributed by atoms with Gasteiger partial charge in [0, 0.05) is 23.2 Å². The van der Waals surface area contributed by atoms with Crippen molar-refractivity contribution in [2.75, 3.05) is 25.2 Å². The van der Waals surface area contributed by atoms with Crippen LogP contribution in [0.2, 0.25) is 0 Å². The van der Waals surface area contributed by atoms with Gasteiger partial charge in [0.2, 0.25) is 10.0 Å². The molecule has 0 spiro atoms. The summed E-state index contributed by atoms with van der Waals surface area (Å²) in [7, 11) is -0.211. The lowest BCUT2D eigenvalue weighted by molar-refractivity contribution is 0.0709. The molecule has 4 rings (SSSR count). The minimum atomic E-state index is -3.38. The molecular weight excluding hydrogens is 454 g/mol. The Morgan fingerprint density at radius 1 is 1.00 bits per heavy atom. The van der Waals surface area contributed by atoms with Crippen molar-refractivity contribution in [3.05, 3.63) is 89.5 Å². The number of rotatable bonds is 7. The first-order chi connectivity index (χ1) is 16.3. The molecular formula is C25H25N3O5S. The Morgan fingerprint density at radius 3 is 2.32 bits per heavy atom. The number of hydrogen-bond acceptors (Lipinski definition) is 6.